The second-order valence-electron chi connectivity index (χ2n) is 7.09. The van der Waals surface area contributed by atoms with Crippen molar-refractivity contribution in [1.29, 1.82) is 0 Å². The van der Waals surface area contributed by atoms with Crippen molar-refractivity contribution >= 4 is 15.9 Å². The molecule has 1 saturated heterocycles. The lowest BCUT2D eigenvalue weighted by molar-refractivity contribution is -0.0440. The molecule has 1 aliphatic heterocycles. The Hall–Kier alpha value is -2.42. The van der Waals surface area contributed by atoms with E-state index < -0.39 is 10.0 Å². The number of ether oxygens (including phenoxy) is 2. The average Bonchev–Trinajstić information content (AvgIpc) is 2.68. The minimum absolute atomic E-state index is 0.0452. The summed E-state index contributed by atoms with van der Waals surface area (Å²) in [5.41, 5.74) is 0.441. The molecule has 0 aliphatic carbocycles. The Balaban J connectivity index is 1.50. The Labute approximate surface area is 171 Å². The van der Waals surface area contributed by atoms with Crippen molar-refractivity contribution in [2.75, 3.05) is 25.4 Å². The van der Waals surface area contributed by atoms with Crippen LogP contribution in [0, 0.1) is 0 Å². The summed E-state index contributed by atoms with van der Waals surface area (Å²) in [6.07, 6.45) is -0.278. The molecule has 7 nitrogen and oxygen atoms in total. The Morgan fingerprint density at radius 1 is 1.03 bits per heavy atom. The van der Waals surface area contributed by atoms with Gasteiger partial charge in [-0.1, -0.05) is 18.2 Å². The van der Waals surface area contributed by atoms with Crippen LogP contribution in [-0.2, 0) is 14.8 Å². The fourth-order valence-corrected chi connectivity index (χ4v) is 4.67. The van der Waals surface area contributed by atoms with Crippen LogP contribution in [0.3, 0.4) is 0 Å². The molecule has 2 unspecified atom stereocenters. The number of para-hydroxylation sites is 1. The number of benzene rings is 2. The molecule has 1 N–H and O–H groups in total. The molecule has 1 amide bonds. The molecule has 0 spiro atoms. The summed E-state index contributed by atoms with van der Waals surface area (Å²) >= 11 is 0. The van der Waals surface area contributed by atoms with Gasteiger partial charge in [-0.3, -0.25) is 4.79 Å². The van der Waals surface area contributed by atoms with E-state index in [0.717, 1.165) is 0 Å². The molecule has 1 aliphatic rings. The summed E-state index contributed by atoms with van der Waals surface area (Å²) in [5, 5.41) is 2.67. The van der Waals surface area contributed by atoms with Gasteiger partial charge in [-0.05, 0) is 50.2 Å². The zero-order valence-corrected chi connectivity index (χ0v) is 17.4. The van der Waals surface area contributed by atoms with Crippen molar-refractivity contribution in [2.24, 2.45) is 0 Å². The lowest BCUT2D eigenvalue weighted by Gasteiger charge is -2.34. The number of amides is 1. The monoisotopic (exact) mass is 418 g/mol. The second kappa shape index (κ2) is 9.39. The highest BCUT2D eigenvalue weighted by atomic mass is 32.2. The van der Waals surface area contributed by atoms with E-state index in [2.05, 4.69) is 5.32 Å². The number of sulfonamides is 1. The minimum Gasteiger partial charge on any atom is -0.457 e. The molecule has 0 saturated carbocycles. The number of hydrogen-bond donors (Lipinski definition) is 1. The normalized spacial score (nSPS) is 20.2. The summed E-state index contributed by atoms with van der Waals surface area (Å²) in [4.78, 5) is 12.3. The Kier molecular flexibility index (Phi) is 6.89. The van der Waals surface area contributed by atoms with E-state index in [-0.39, 0.29) is 30.4 Å². The minimum atomic E-state index is -3.45. The summed E-state index contributed by atoms with van der Waals surface area (Å²) in [6.45, 7) is 4.42. The molecule has 0 radical (unpaired) electrons. The van der Waals surface area contributed by atoms with Crippen LogP contribution in [0.2, 0.25) is 0 Å². The van der Waals surface area contributed by atoms with Crippen LogP contribution in [0.1, 0.15) is 24.2 Å². The number of nitrogens with one attached hydrogen (secondary N) is 1. The smallest absolute Gasteiger partial charge is 0.251 e. The molecule has 1 fully saturated rings. The molecule has 2 aromatic carbocycles. The van der Waals surface area contributed by atoms with Crippen molar-refractivity contribution in [3.8, 4) is 11.5 Å². The molecule has 0 bridgehead atoms. The van der Waals surface area contributed by atoms with Crippen molar-refractivity contribution in [1.82, 2.24) is 9.62 Å². The molecule has 8 heteroatoms. The van der Waals surface area contributed by atoms with Crippen molar-refractivity contribution < 1.29 is 22.7 Å². The van der Waals surface area contributed by atoms with E-state index in [0.29, 0.717) is 30.2 Å². The highest BCUT2D eigenvalue weighted by molar-refractivity contribution is 7.89. The highest BCUT2D eigenvalue weighted by Crippen LogP contribution is 2.21. The van der Waals surface area contributed by atoms with Crippen LogP contribution in [-0.4, -0.2) is 56.2 Å². The van der Waals surface area contributed by atoms with Crippen molar-refractivity contribution in [2.45, 2.75) is 26.1 Å². The number of carbonyl (C=O) groups excluding carboxylic acids is 1. The Bertz CT molecular complexity index is 906. The number of rotatable bonds is 7. The first-order chi connectivity index (χ1) is 13.8. The molecule has 156 valence electrons. The molecule has 2 aromatic rings. The van der Waals surface area contributed by atoms with Gasteiger partial charge < -0.3 is 14.8 Å². The largest absolute Gasteiger partial charge is 0.457 e. The number of hydrogen-bond acceptors (Lipinski definition) is 5. The van der Waals surface area contributed by atoms with Gasteiger partial charge in [-0.15, -0.1) is 0 Å². The van der Waals surface area contributed by atoms with Crippen LogP contribution in [0.15, 0.2) is 54.6 Å². The zero-order valence-electron chi connectivity index (χ0n) is 16.6. The third kappa shape index (κ3) is 6.03. The molecule has 29 heavy (non-hydrogen) atoms. The van der Waals surface area contributed by atoms with E-state index in [1.807, 2.05) is 44.2 Å². The number of carbonyl (C=O) groups is 1. The molecule has 3 rings (SSSR count). The summed E-state index contributed by atoms with van der Waals surface area (Å²) in [5.74, 6) is 0.857. The van der Waals surface area contributed by atoms with Gasteiger partial charge in [0.1, 0.15) is 11.5 Å². The van der Waals surface area contributed by atoms with Crippen molar-refractivity contribution in [3.05, 3.63) is 60.2 Å². The highest BCUT2D eigenvalue weighted by Gasteiger charge is 2.30. The molecular formula is C21H26N2O5S. The van der Waals surface area contributed by atoms with Gasteiger partial charge in [0, 0.05) is 25.2 Å². The lowest BCUT2D eigenvalue weighted by atomic mass is 10.2. The van der Waals surface area contributed by atoms with Gasteiger partial charge in [0.15, 0.2) is 0 Å². The Morgan fingerprint density at radius 3 is 2.24 bits per heavy atom. The number of nitrogens with zero attached hydrogens (tertiary/aromatic N) is 1. The standard InChI is InChI=1S/C21H26N2O5S/c1-16-14-23(15-17(2)27-16)29(25,26)13-12-22-21(24)18-8-10-20(11-9-18)28-19-6-4-3-5-7-19/h3-11,16-17H,12-15H2,1-2H3,(H,22,24). The molecule has 0 aromatic heterocycles. The van der Waals surface area contributed by atoms with E-state index >= 15 is 0 Å². The fraction of sp³-hybridized carbons (Fsp3) is 0.381. The van der Waals surface area contributed by atoms with Crippen LogP contribution in [0.4, 0.5) is 0 Å². The van der Waals surface area contributed by atoms with Gasteiger partial charge in [0.25, 0.3) is 5.91 Å². The first kappa shape index (κ1) is 21.3. The molecule has 2 atom stereocenters. The lowest BCUT2D eigenvalue weighted by Crippen LogP contribution is -2.49. The van der Waals surface area contributed by atoms with E-state index in [1.165, 1.54) is 4.31 Å². The average molecular weight is 419 g/mol. The van der Waals surface area contributed by atoms with Crippen LogP contribution in [0.25, 0.3) is 0 Å². The summed E-state index contributed by atoms with van der Waals surface area (Å²) in [6, 6.07) is 16.0. The van der Waals surface area contributed by atoms with E-state index in [9.17, 15) is 13.2 Å². The van der Waals surface area contributed by atoms with Gasteiger partial charge in [0.05, 0.1) is 18.0 Å². The van der Waals surface area contributed by atoms with Gasteiger partial charge in [-0.25, -0.2) is 8.42 Å². The third-order valence-corrected chi connectivity index (χ3v) is 6.33. The summed E-state index contributed by atoms with van der Waals surface area (Å²) < 4.78 is 37.7. The van der Waals surface area contributed by atoms with E-state index in [4.69, 9.17) is 9.47 Å². The van der Waals surface area contributed by atoms with Gasteiger partial charge >= 0.3 is 0 Å². The summed E-state index contributed by atoms with van der Waals surface area (Å²) in [7, 11) is -3.45. The van der Waals surface area contributed by atoms with Gasteiger partial charge in [-0.2, -0.15) is 4.31 Å². The second-order valence-corrected chi connectivity index (χ2v) is 9.17. The first-order valence-electron chi connectivity index (χ1n) is 9.58. The predicted octanol–water partition coefficient (Wildman–Crippen LogP) is 2.65. The van der Waals surface area contributed by atoms with Gasteiger partial charge in [0.2, 0.25) is 10.0 Å². The maximum atomic E-state index is 12.5. The maximum absolute atomic E-state index is 12.5. The quantitative estimate of drug-likeness (QED) is 0.747. The van der Waals surface area contributed by atoms with Crippen LogP contribution in [0.5, 0.6) is 11.5 Å². The molecular weight excluding hydrogens is 392 g/mol. The zero-order chi connectivity index (χ0) is 20.9. The first-order valence-corrected chi connectivity index (χ1v) is 11.2. The third-order valence-electron chi connectivity index (χ3n) is 4.52. The SMILES string of the molecule is CC1CN(S(=O)(=O)CCNC(=O)c2ccc(Oc3ccccc3)cc2)CC(C)O1. The van der Waals surface area contributed by atoms with Crippen molar-refractivity contribution in [3.63, 3.8) is 0 Å². The predicted molar refractivity (Wildman–Crippen MR) is 111 cm³/mol. The van der Waals surface area contributed by atoms with Crippen LogP contribution < -0.4 is 10.1 Å². The van der Waals surface area contributed by atoms with E-state index in [1.54, 1.807) is 24.3 Å². The fourth-order valence-electron chi connectivity index (χ4n) is 3.18. The van der Waals surface area contributed by atoms with Crippen LogP contribution >= 0.6 is 0 Å². The Morgan fingerprint density at radius 2 is 1.62 bits per heavy atom. The maximum Gasteiger partial charge on any atom is 0.251 e. The number of morpholine rings is 1. The topological polar surface area (TPSA) is 84.9 Å². The molecule has 1 heterocycles.